The highest BCUT2D eigenvalue weighted by Gasteiger charge is 2.21. The van der Waals surface area contributed by atoms with E-state index < -0.39 is 0 Å². The van der Waals surface area contributed by atoms with Crippen LogP contribution in [-0.4, -0.2) is 24.7 Å². The van der Waals surface area contributed by atoms with Crippen LogP contribution in [0.2, 0.25) is 0 Å². The van der Waals surface area contributed by atoms with Gasteiger partial charge in [0.25, 0.3) is 0 Å². The smallest absolute Gasteiger partial charge is 0.168 e. The maximum atomic E-state index is 4.57. The zero-order chi connectivity index (χ0) is 18.1. The Bertz CT molecular complexity index is 972. The zero-order valence-corrected chi connectivity index (χ0v) is 15.0. The highest BCUT2D eigenvalue weighted by Crippen LogP contribution is 2.30. The standard InChI is InChI=1S/C21H19N5/c1-14-19(15(2)23-16(3)22-14)26-20(17-10-6-4-7-11-17)24-25-21(26)18-12-8-5-9-13-18/h4-13H,1-3H3. The Morgan fingerprint density at radius 2 is 1.04 bits per heavy atom. The first kappa shape index (κ1) is 16.1. The molecule has 0 saturated heterocycles. The van der Waals surface area contributed by atoms with Crippen LogP contribution in [0, 0.1) is 20.8 Å². The SMILES string of the molecule is Cc1nc(C)c(-n2c(-c3ccccc3)nnc2-c2ccccc2)c(C)n1. The molecule has 0 bridgehead atoms. The van der Waals surface area contributed by atoms with Crippen molar-refractivity contribution in [2.45, 2.75) is 20.8 Å². The quantitative estimate of drug-likeness (QED) is 0.557. The monoisotopic (exact) mass is 341 g/mol. The van der Waals surface area contributed by atoms with Gasteiger partial charge < -0.3 is 0 Å². The van der Waals surface area contributed by atoms with E-state index in [9.17, 15) is 0 Å². The van der Waals surface area contributed by atoms with E-state index in [1.807, 2.05) is 81.4 Å². The van der Waals surface area contributed by atoms with Crippen LogP contribution in [0.25, 0.3) is 28.5 Å². The minimum atomic E-state index is 0.763. The maximum Gasteiger partial charge on any atom is 0.168 e. The molecule has 0 amide bonds. The molecule has 0 atom stereocenters. The van der Waals surface area contributed by atoms with Gasteiger partial charge in [0.2, 0.25) is 0 Å². The lowest BCUT2D eigenvalue weighted by atomic mass is 10.1. The van der Waals surface area contributed by atoms with Crippen LogP contribution in [-0.2, 0) is 0 Å². The molecule has 128 valence electrons. The van der Waals surface area contributed by atoms with E-state index in [1.54, 1.807) is 0 Å². The van der Waals surface area contributed by atoms with Crippen molar-refractivity contribution in [3.8, 4) is 28.5 Å². The molecule has 5 heteroatoms. The maximum absolute atomic E-state index is 4.57. The van der Waals surface area contributed by atoms with E-state index in [0.717, 1.165) is 45.7 Å². The van der Waals surface area contributed by atoms with E-state index in [4.69, 9.17) is 0 Å². The van der Waals surface area contributed by atoms with E-state index >= 15 is 0 Å². The van der Waals surface area contributed by atoms with Crippen molar-refractivity contribution in [2.75, 3.05) is 0 Å². The van der Waals surface area contributed by atoms with Crippen LogP contribution in [0.1, 0.15) is 17.2 Å². The van der Waals surface area contributed by atoms with Crippen molar-refractivity contribution in [2.24, 2.45) is 0 Å². The summed E-state index contributed by atoms with van der Waals surface area (Å²) in [5, 5.41) is 9.00. The predicted octanol–water partition coefficient (Wildman–Crippen LogP) is 4.32. The average Bonchev–Trinajstić information content (AvgIpc) is 3.07. The van der Waals surface area contributed by atoms with Gasteiger partial charge in [-0.05, 0) is 20.8 Å². The second-order valence-electron chi connectivity index (χ2n) is 6.20. The van der Waals surface area contributed by atoms with Crippen LogP contribution in [0.4, 0.5) is 0 Å². The van der Waals surface area contributed by atoms with Crippen molar-refractivity contribution in [1.82, 2.24) is 24.7 Å². The van der Waals surface area contributed by atoms with Crippen molar-refractivity contribution >= 4 is 0 Å². The van der Waals surface area contributed by atoms with Gasteiger partial charge in [0.1, 0.15) is 5.82 Å². The molecular weight excluding hydrogens is 322 g/mol. The van der Waals surface area contributed by atoms with Gasteiger partial charge in [-0.25, -0.2) is 9.97 Å². The normalized spacial score (nSPS) is 10.9. The minimum absolute atomic E-state index is 0.763. The van der Waals surface area contributed by atoms with Crippen molar-refractivity contribution in [3.05, 3.63) is 77.9 Å². The molecule has 0 aliphatic carbocycles. The lowest BCUT2D eigenvalue weighted by Gasteiger charge is -2.15. The number of rotatable bonds is 3. The summed E-state index contributed by atoms with van der Waals surface area (Å²) in [6.45, 7) is 5.91. The van der Waals surface area contributed by atoms with Crippen LogP contribution in [0.5, 0.6) is 0 Å². The summed E-state index contributed by atoms with van der Waals surface area (Å²) in [7, 11) is 0. The molecule has 0 aliphatic rings. The molecule has 26 heavy (non-hydrogen) atoms. The van der Waals surface area contributed by atoms with Gasteiger partial charge in [-0.2, -0.15) is 0 Å². The molecular formula is C21H19N5. The van der Waals surface area contributed by atoms with Gasteiger partial charge in [0.15, 0.2) is 11.6 Å². The minimum Gasteiger partial charge on any atom is -0.271 e. The number of aryl methyl sites for hydroxylation is 3. The molecule has 0 radical (unpaired) electrons. The largest absolute Gasteiger partial charge is 0.271 e. The zero-order valence-electron chi connectivity index (χ0n) is 15.0. The first-order chi connectivity index (χ1) is 12.6. The average molecular weight is 341 g/mol. The van der Waals surface area contributed by atoms with Crippen LogP contribution in [0.15, 0.2) is 60.7 Å². The van der Waals surface area contributed by atoms with Crippen LogP contribution in [0.3, 0.4) is 0 Å². The molecule has 0 fully saturated rings. The molecule has 0 N–H and O–H groups in total. The third kappa shape index (κ3) is 2.77. The van der Waals surface area contributed by atoms with E-state index in [0.29, 0.717) is 0 Å². The Morgan fingerprint density at radius 1 is 0.615 bits per heavy atom. The fourth-order valence-corrected chi connectivity index (χ4v) is 3.25. The summed E-state index contributed by atoms with van der Waals surface area (Å²) in [5.74, 6) is 2.32. The first-order valence-corrected chi connectivity index (χ1v) is 8.53. The number of aromatic nitrogens is 5. The lowest BCUT2D eigenvalue weighted by Crippen LogP contribution is -2.09. The molecule has 4 rings (SSSR count). The van der Waals surface area contributed by atoms with Gasteiger partial charge >= 0.3 is 0 Å². The number of benzene rings is 2. The number of hydrogen-bond acceptors (Lipinski definition) is 4. The molecule has 0 unspecified atom stereocenters. The Kier molecular flexibility index (Phi) is 4.05. The summed E-state index contributed by atoms with van der Waals surface area (Å²) >= 11 is 0. The third-order valence-corrected chi connectivity index (χ3v) is 4.30. The summed E-state index contributed by atoms with van der Waals surface area (Å²) in [6.07, 6.45) is 0. The van der Waals surface area contributed by atoms with Gasteiger partial charge in [0.05, 0.1) is 17.1 Å². The number of hydrogen-bond donors (Lipinski definition) is 0. The summed E-state index contributed by atoms with van der Waals surface area (Å²) in [4.78, 5) is 9.14. The van der Waals surface area contributed by atoms with Gasteiger partial charge in [0, 0.05) is 11.1 Å². The third-order valence-electron chi connectivity index (χ3n) is 4.30. The highest BCUT2D eigenvalue weighted by molar-refractivity contribution is 5.67. The Balaban J connectivity index is 2.05. The molecule has 0 saturated carbocycles. The summed E-state index contributed by atoms with van der Waals surface area (Å²) in [5.41, 5.74) is 4.75. The summed E-state index contributed by atoms with van der Waals surface area (Å²) in [6, 6.07) is 20.1. The van der Waals surface area contributed by atoms with Crippen LogP contribution < -0.4 is 0 Å². The molecule has 0 aliphatic heterocycles. The van der Waals surface area contributed by atoms with Crippen LogP contribution >= 0.6 is 0 Å². The van der Waals surface area contributed by atoms with Gasteiger partial charge in [-0.3, -0.25) is 4.57 Å². The molecule has 5 nitrogen and oxygen atoms in total. The molecule has 0 spiro atoms. The van der Waals surface area contributed by atoms with E-state index in [1.165, 1.54) is 0 Å². The van der Waals surface area contributed by atoms with Gasteiger partial charge in [-0.15, -0.1) is 10.2 Å². The number of nitrogens with zero attached hydrogens (tertiary/aromatic N) is 5. The Labute approximate surface area is 152 Å². The topological polar surface area (TPSA) is 56.5 Å². The highest BCUT2D eigenvalue weighted by atomic mass is 15.3. The Hall–Kier alpha value is -3.34. The molecule has 2 aromatic carbocycles. The van der Waals surface area contributed by atoms with E-state index in [2.05, 4.69) is 24.7 Å². The van der Waals surface area contributed by atoms with E-state index in [-0.39, 0.29) is 0 Å². The van der Waals surface area contributed by atoms with Crippen molar-refractivity contribution in [3.63, 3.8) is 0 Å². The lowest BCUT2D eigenvalue weighted by molar-refractivity contribution is 0.913. The predicted molar refractivity (Wildman–Crippen MR) is 102 cm³/mol. The fourth-order valence-electron chi connectivity index (χ4n) is 3.25. The van der Waals surface area contributed by atoms with Gasteiger partial charge in [-0.1, -0.05) is 60.7 Å². The van der Waals surface area contributed by atoms with Crippen molar-refractivity contribution < 1.29 is 0 Å². The first-order valence-electron chi connectivity index (χ1n) is 8.53. The van der Waals surface area contributed by atoms with Crippen molar-refractivity contribution in [1.29, 1.82) is 0 Å². The molecule has 2 heterocycles. The summed E-state index contributed by atoms with van der Waals surface area (Å²) < 4.78 is 2.06. The molecule has 2 aromatic heterocycles. The molecule has 4 aromatic rings. The Morgan fingerprint density at radius 3 is 1.46 bits per heavy atom. The fraction of sp³-hybridized carbons (Fsp3) is 0.143. The second-order valence-corrected chi connectivity index (χ2v) is 6.20. The second kappa shape index (κ2) is 6.52.